The van der Waals surface area contributed by atoms with Crippen LogP contribution in [0.15, 0.2) is 53.4 Å². The van der Waals surface area contributed by atoms with Crippen LogP contribution in [0.3, 0.4) is 0 Å². The first kappa shape index (κ1) is 14.1. The highest BCUT2D eigenvalue weighted by molar-refractivity contribution is 7.99. The Hall–Kier alpha value is -1.32. The van der Waals surface area contributed by atoms with Gasteiger partial charge in [-0.1, -0.05) is 43.3 Å². The average Bonchev–Trinajstić information content (AvgIpc) is 2.46. The number of hydrogen-bond donors (Lipinski definition) is 1. The minimum Gasteiger partial charge on any atom is -0.323 e. The van der Waals surface area contributed by atoms with Gasteiger partial charge in [0, 0.05) is 16.7 Å². The molecule has 2 N–H and O–H groups in total. The molecule has 0 aromatic heterocycles. The summed E-state index contributed by atoms with van der Waals surface area (Å²) >= 11 is 1.46. The van der Waals surface area contributed by atoms with Gasteiger partial charge in [0.05, 0.1) is 0 Å². The molecule has 0 aliphatic rings. The first-order valence-corrected chi connectivity index (χ1v) is 7.41. The Morgan fingerprint density at radius 3 is 2.68 bits per heavy atom. The molecule has 100 valence electrons. The van der Waals surface area contributed by atoms with Crippen molar-refractivity contribution in [3.05, 3.63) is 65.5 Å². The largest absolute Gasteiger partial charge is 0.323 e. The quantitative estimate of drug-likeness (QED) is 0.828. The molecule has 1 unspecified atom stereocenters. The molecule has 0 heterocycles. The van der Waals surface area contributed by atoms with Gasteiger partial charge in [-0.2, -0.15) is 0 Å². The smallest absolute Gasteiger partial charge is 0.136 e. The summed E-state index contributed by atoms with van der Waals surface area (Å²) in [5.74, 6) is 0.496. The molecule has 0 saturated carbocycles. The van der Waals surface area contributed by atoms with Crippen molar-refractivity contribution in [1.82, 2.24) is 0 Å². The van der Waals surface area contributed by atoms with Crippen molar-refractivity contribution in [1.29, 1.82) is 0 Å². The van der Waals surface area contributed by atoms with E-state index < -0.39 is 0 Å². The summed E-state index contributed by atoms with van der Waals surface area (Å²) in [4.78, 5) is 0.657. The molecule has 0 amide bonds. The molecule has 0 aliphatic heterocycles. The second kappa shape index (κ2) is 6.73. The molecular formula is C16H18FNS. The van der Waals surface area contributed by atoms with E-state index in [1.807, 2.05) is 18.2 Å². The topological polar surface area (TPSA) is 26.0 Å². The van der Waals surface area contributed by atoms with Gasteiger partial charge in [-0.25, -0.2) is 4.39 Å². The lowest BCUT2D eigenvalue weighted by molar-refractivity contribution is 0.602. The van der Waals surface area contributed by atoms with Gasteiger partial charge >= 0.3 is 0 Å². The number of thioether (sulfide) groups is 1. The van der Waals surface area contributed by atoms with Crippen molar-refractivity contribution in [3.8, 4) is 0 Å². The highest BCUT2D eigenvalue weighted by Gasteiger charge is 2.09. The van der Waals surface area contributed by atoms with Crippen LogP contribution in [0.25, 0.3) is 0 Å². The zero-order valence-corrected chi connectivity index (χ0v) is 11.8. The first-order valence-electron chi connectivity index (χ1n) is 6.42. The van der Waals surface area contributed by atoms with E-state index in [1.54, 1.807) is 12.1 Å². The third-order valence-electron chi connectivity index (χ3n) is 3.04. The predicted octanol–water partition coefficient (Wildman–Crippen LogP) is 4.18. The van der Waals surface area contributed by atoms with Gasteiger partial charge in [0.1, 0.15) is 5.82 Å². The van der Waals surface area contributed by atoms with Crippen molar-refractivity contribution >= 4 is 11.8 Å². The van der Waals surface area contributed by atoms with Crippen LogP contribution in [0.2, 0.25) is 0 Å². The van der Waals surface area contributed by atoms with Crippen molar-refractivity contribution < 1.29 is 4.39 Å². The van der Waals surface area contributed by atoms with Gasteiger partial charge in [-0.05, 0) is 29.7 Å². The molecule has 3 heteroatoms. The van der Waals surface area contributed by atoms with E-state index >= 15 is 0 Å². The zero-order chi connectivity index (χ0) is 13.7. The number of rotatable bonds is 5. The Morgan fingerprint density at radius 2 is 1.95 bits per heavy atom. The molecule has 2 aromatic rings. The molecular weight excluding hydrogens is 257 g/mol. The summed E-state index contributed by atoms with van der Waals surface area (Å²) in [7, 11) is 0. The van der Waals surface area contributed by atoms with Crippen LogP contribution in [0, 0.1) is 5.82 Å². The first-order chi connectivity index (χ1) is 9.20. The van der Waals surface area contributed by atoms with E-state index in [0.717, 1.165) is 12.0 Å². The molecule has 0 fully saturated rings. The SMILES string of the molecule is CCc1cccc(C(N)CSc2ccccc2F)c1. The van der Waals surface area contributed by atoms with E-state index in [0.29, 0.717) is 10.6 Å². The number of benzene rings is 2. The highest BCUT2D eigenvalue weighted by atomic mass is 32.2. The number of halogens is 1. The molecule has 0 aliphatic carbocycles. The maximum absolute atomic E-state index is 13.5. The lowest BCUT2D eigenvalue weighted by Crippen LogP contribution is -2.13. The normalized spacial score (nSPS) is 12.4. The van der Waals surface area contributed by atoms with Crippen LogP contribution in [0.1, 0.15) is 24.1 Å². The van der Waals surface area contributed by atoms with Crippen molar-refractivity contribution in [2.45, 2.75) is 24.3 Å². The van der Waals surface area contributed by atoms with Crippen molar-refractivity contribution in [3.63, 3.8) is 0 Å². The van der Waals surface area contributed by atoms with Gasteiger partial charge in [-0.3, -0.25) is 0 Å². The molecule has 2 aromatic carbocycles. The Kier molecular flexibility index (Phi) is 5.00. The van der Waals surface area contributed by atoms with E-state index in [2.05, 4.69) is 19.1 Å². The van der Waals surface area contributed by atoms with E-state index in [9.17, 15) is 4.39 Å². The standard InChI is InChI=1S/C16H18FNS/c1-2-12-6-5-7-13(10-12)15(18)11-19-16-9-4-3-8-14(16)17/h3-10,15H,2,11,18H2,1H3. The summed E-state index contributed by atoms with van der Waals surface area (Å²) in [6, 6.07) is 15.0. The fourth-order valence-electron chi connectivity index (χ4n) is 1.88. The molecule has 1 atom stereocenters. The number of aryl methyl sites for hydroxylation is 1. The maximum atomic E-state index is 13.5. The minimum atomic E-state index is -0.179. The third-order valence-corrected chi connectivity index (χ3v) is 4.21. The van der Waals surface area contributed by atoms with Crippen molar-refractivity contribution in [2.75, 3.05) is 5.75 Å². The fraction of sp³-hybridized carbons (Fsp3) is 0.250. The number of nitrogens with two attached hydrogens (primary N) is 1. The predicted molar refractivity (Wildman–Crippen MR) is 79.9 cm³/mol. The Morgan fingerprint density at radius 1 is 1.16 bits per heavy atom. The van der Waals surface area contributed by atoms with E-state index in [-0.39, 0.29) is 11.9 Å². The molecule has 1 nitrogen and oxygen atoms in total. The molecule has 19 heavy (non-hydrogen) atoms. The molecule has 0 bridgehead atoms. The van der Waals surface area contributed by atoms with Crippen LogP contribution >= 0.6 is 11.8 Å². The second-order valence-corrected chi connectivity index (χ2v) is 5.51. The Labute approximate surface area is 118 Å². The summed E-state index contributed by atoms with van der Waals surface area (Å²) in [6.07, 6.45) is 1.00. The van der Waals surface area contributed by atoms with E-state index in [4.69, 9.17) is 5.73 Å². The maximum Gasteiger partial charge on any atom is 0.136 e. The fourth-order valence-corrected chi connectivity index (χ4v) is 2.81. The van der Waals surface area contributed by atoms with Gasteiger partial charge < -0.3 is 5.73 Å². The number of hydrogen-bond acceptors (Lipinski definition) is 2. The molecule has 0 spiro atoms. The Bertz CT molecular complexity index is 542. The highest BCUT2D eigenvalue weighted by Crippen LogP contribution is 2.25. The van der Waals surface area contributed by atoms with E-state index in [1.165, 1.54) is 23.4 Å². The van der Waals surface area contributed by atoms with Crippen LogP contribution in [-0.4, -0.2) is 5.75 Å². The summed E-state index contributed by atoms with van der Waals surface area (Å²) in [6.45, 7) is 2.12. The van der Waals surface area contributed by atoms with Gasteiger partial charge in [0.2, 0.25) is 0 Å². The van der Waals surface area contributed by atoms with Crippen molar-refractivity contribution in [2.24, 2.45) is 5.73 Å². The third kappa shape index (κ3) is 3.82. The summed E-state index contributed by atoms with van der Waals surface area (Å²) in [5, 5.41) is 0. The summed E-state index contributed by atoms with van der Waals surface area (Å²) < 4.78 is 13.5. The molecule has 0 saturated heterocycles. The molecule has 2 rings (SSSR count). The van der Waals surface area contributed by atoms with Gasteiger partial charge in [0.25, 0.3) is 0 Å². The lowest BCUT2D eigenvalue weighted by Gasteiger charge is -2.13. The minimum absolute atomic E-state index is 0.0730. The summed E-state index contributed by atoms with van der Waals surface area (Å²) in [5.41, 5.74) is 8.57. The van der Waals surface area contributed by atoms with Crippen LogP contribution in [-0.2, 0) is 6.42 Å². The van der Waals surface area contributed by atoms with Crippen LogP contribution in [0.5, 0.6) is 0 Å². The van der Waals surface area contributed by atoms with Gasteiger partial charge in [0.15, 0.2) is 0 Å². The Balaban J connectivity index is 2.01. The zero-order valence-electron chi connectivity index (χ0n) is 11.0. The van der Waals surface area contributed by atoms with Crippen LogP contribution in [0.4, 0.5) is 4.39 Å². The average molecular weight is 275 g/mol. The van der Waals surface area contributed by atoms with Crippen LogP contribution < -0.4 is 5.73 Å². The monoisotopic (exact) mass is 275 g/mol. The molecule has 0 radical (unpaired) electrons. The van der Waals surface area contributed by atoms with Gasteiger partial charge in [-0.15, -0.1) is 11.8 Å². The lowest BCUT2D eigenvalue weighted by atomic mass is 10.0. The second-order valence-electron chi connectivity index (χ2n) is 4.45.